The van der Waals surface area contributed by atoms with Crippen LogP contribution in [0.25, 0.3) is 11.2 Å². The number of aromatic nitrogens is 4. The maximum absolute atomic E-state index is 12.8. The van der Waals surface area contributed by atoms with Gasteiger partial charge in [-0.25, -0.2) is 14.8 Å². The molecule has 1 amide bonds. The maximum Gasteiger partial charge on any atom is 0.330 e. The van der Waals surface area contributed by atoms with Crippen LogP contribution in [0, 0.1) is 5.41 Å². The molecule has 31 heavy (non-hydrogen) atoms. The number of piperazine rings is 1. The third-order valence-corrected chi connectivity index (χ3v) is 6.33. The van der Waals surface area contributed by atoms with Crippen molar-refractivity contribution in [3.05, 3.63) is 41.0 Å². The van der Waals surface area contributed by atoms with Crippen molar-refractivity contribution in [1.82, 2.24) is 24.0 Å². The minimum Gasteiger partial charge on any atom is -0.438 e. The second-order valence-corrected chi connectivity index (χ2v) is 9.86. The summed E-state index contributed by atoms with van der Waals surface area (Å²) in [6, 6.07) is 4.30. The summed E-state index contributed by atoms with van der Waals surface area (Å²) >= 11 is 0. The highest BCUT2D eigenvalue weighted by Gasteiger charge is 2.42. The van der Waals surface area contributed by atoms with Crippen LogP contribution in [0.15, 0.2) is 33.9 Å². The highest BCUT2D eigenvalue weighted by Crippen LogP contribution is 2.33. The summed E-state index contributed by atoms with van der Waals surface area (Å²) in [4.78, 5) is 38.5. The van der Waals surface area contributed by atoms with Gasteiger partial charge in [0.05, 0.1) is 11.7 Å². The lowest BCUT2D eigenvalue weighted by Crippen LogP contribution is -2.64. The summed E-state index contributed by atoms with van der Waals surface area (Å²) in [7, 11) is 1.78. The summed E-state index contributed by atoms with van der Waals surface area (Å²) in [6.45, 7) is 8.36. The molecule has 2 atom stereocenters. The van der Waals surface area contributed by atoms with Crippen LogP contribution in [0.5, 0.6) is 0 Å². The van der Waals surface area contributed by atoms with Crippen molar-refractivity contribution in [3.63, 3.8) is 0 Å². The van der Waals surface area contributed by atoms with Crippen LogP contribution in [0.4, 0.5) is 5.82 Å². The third kappa shape index (κ3) is 3.32. The zero-order valence-electron chi connectivity index (χ0n) is 18.4. The van der Waals surface area contributed by atoms with Crippen molar-refractivity contribution in [2.24, 2.45) is 12.5 Å². The monoisotopic (exact) mass is 424 g/mol. The van der Waals surface area contributed by atoms with Crippen molar-refractivity contribution in [2.45, 2.75) is 52.2 Å². The Labute approximate surface area is 180 Å². The lowest BCUT2D eigenvalue weighted by atomic mass is 9.90. The third-order valence-electron chi connectivity index (χ3n) is 6.33. The average molecular weight is 425 g/mol. The van der Waals surface area contributed by atoms with Crippen molar-refractivity contribution in [3.8, 4) is 0 Å². The largest absolute Gasteiger partial charge is 0.438 e. The number of fused-ring (bicyclic) bond motifs is 4. The Morgan fingerprint density at radius 1 is 1.19 bits per heavy atom. The molecule has 3 fully saturated rings. The number of hydrogen-bond donors (Lipinski definition) is 0. The van der Waals surface area contributed by atoms with Gasteiger partial charge in [0.25, 0.3) is 5.91 Å². The Morgan fingerprint density at radius 2 is 1.97 bits per heavy atom. The molecule has 0 aromatic carbocycles. The molecule has 0 radical (unpaired) electrons. The summed E-state index contributed by atoms with van der Waals surface area (Å²) in [5, 5.41) is 0. The molecule has 164 valence electrons. The number of rotatable bonds is 3. The van der Waals surface area contributed by atoms with Gasteiger partial charge < -0.3 is 14.2 Å². The number of oxazole rings is 1. The smallest absolute Gasteiger partial charge is 0.330 e. The van der Waals surface area contributed by atoms with Gasteiger partial charge in [-0.3, -0.25) is 13.9 Å². The molecule has 6 heterocycles. The quantitative estimate of drug-likeness (QED) is 0.641. The molecule has 3 saturated heterocycles. The lowest BCUT2D eigenvalue weighted by molar-refractivity contribution is 0.0473. The van der Waals surface area contributed by atoms with E-state index in [1.807, 2.05) is 21.6 Å². The molecule has 3 aromatic heterocycles. The lowest BCUT2D eigenvalue weighted by Gasteiger charge is -2.51. The maximum atomic E-state index is 12.8. The molecular formula is C22H28N6O3. The van der Waals surface area contributed by atoms with Gasteiger partial charge in [0.2, 0.25) is 5.76 Å². The highest BCUT2D eigenvalue weighted by molar-refractivity contribution is 5.91. The molecule has 0 aliphatic carbocycles. The van der Waals surface area contributed by atoms with Crippen LogP contribution >= 0.6 is 0 Å². The number of piperidine rings is 2. The Morgan fingerprint density at radius 3 is 2.61 bits per heavy atom. The second-order valence-electron chi connectivity index (χ2n) is 9.86. The molecule has 0 spiro atoms. The predicted octanol–water partition coefficient (Wildman–Crippen LogP) is 2.26. The van der Waals surface area contributed by atoms with Gasteiger partial charge >= 0.3 is 5.69 Å². The number of nitrogens with zero attached hydrogens (tertiary/aromatic N) is 6. The van der Waals surface area contributed by atoms with E-state index in [0.717, 1.165) is 30.7 Å². The van der Waals surface area contributed by atoms with E-state index < -0.39 is 0 Å². The molecule has 3 aromatic rings. The second kappa shape index (κ2) is 6.96. The van der Waals surface area contributed by atoms with Gasteiger partial charge in [0.1, 0.15) is 5.82 Å². The van der Waals surface area contributed by atoms with E-state index in [-0.39, 0.29) is 34.9 Å². The molecular weight excluding hydrogens is 396 g/mol. The molecule has 9 heteroatoms. The number of pyridine rings is 1. The Kier molecular flexibility index (Phi) is 4.46. The van der Waals surface area contributed by atoms with E-state index in [2.05, 4.69) is 30.7 Å². The molecule has 0 N–H and O–H groups in total. The first-order chi connectivity index (χ1) is 14.7. The predicted molar refractivity (Wildman–Crippen MR) is 116 cm³/mol. The van der Waals surface area contributed by atoms with Crippen LogP contribution in [0.1, 0.15) is 44.2 Å². The highest BCUT2D eigenvalue weighted by atomic mass is 16.3. The van der Waals surface area contributed by atoms with Gasteiger partial charge in [-0.2, -0.15) is 0 Å². The summed E-state index contributed by atoms with van der Waals surface area (Å²) in [5.41, 5.74) is 1.50. The molecule has 2 unspecified atom stereocenters. The van der Waals surface area contributed by atoms with E-state index >= 15 is 0 Å². The molecule has 3 aliphatic rings. The number of anilines is 1. The van der Waals surface area contributed by atoms with E-state index in [0.29, 0.717) is 18.7 Å². The van der Waals surface area contributed by atoms with Crippen molar-refractivity contribution < 1.29 is 9.21 Å². The number of hydrogen-bond acceptors (Lipinski definition) is 6. The van der Waals surface area contributed by atoms with E-state index in [4.69, 9.17) is 9.40 Å². The number of carbonyl (C=O) groups is 1. The van der Waals surface area contributed by atoms with Crippen molar-refractivity contribution >= 4 is 22.9 Å². The molecule has 6 rings (SSSR count). The first-order valence-electron chi connectivity index (χ1n) is 10.8. The van der Waals surface area contributed by atoms with Crippen LogP contribution in [0.3, 0.4) is 0 Å². The van der Waals surface area contributed by atoms with Crippen LogP contribution in [-0.2, 0) is 13.6 Å². The summed E-state index contributed by atoms with van der Waals surface area (Å²) in [5.74, 6) is 1.04. The minimum atomic E-state index is -0.100. The number of aryl methyl sites for hydroxylation is 1. The van der Waals surface area contributed by atoms with E-state index in [1.54, 1.807) is 11.6 Å². The van der Waals surface area contributed by atoms with Crippen LogP contribution in [-0.4, -0.2) is 55.1 Å². The summed E-state index contributed by atoms with van der Waals surface area (Å²) in [6.07, 6.45) is 4.73. The fourth-order valence-corrected chi connectivity index (χ4v) is 4.87. The molecule has 3 aliphatic heterocycles. The van der Waals surface area contributed by atoms with Gasteiger partial charge in [-0.1, -0.05) is 20.8 Å². The molecule has 2 bridgehead atoms. The molecule has 0 saturated carbocycles. The topological polar surface area (TPSA) is 89.4 Å². The van der Waals surface area contributed by atoms with Crippen LogP contribution < -0.4 is 10.6 Å². The van der Waals surface area contributed by atoms with E-state index in [9.17, 15) is 9.59 Å². The summed E-state index contributed by atoms with van der Waals surface area (Å²) < 4.78 is 8.66. The zero-order valence-corrected chi connectivity index (χ0v) is 18.4. The van der Waals surface area contributed by atoms with Crippen molar-refractivity contribution in [2.75, 3.05) is 18.0 Å². The van der Waals surface area contributed by atoms with Crippen LogP contribution in [0.2, 0.25) is 0 Å². The van der Waals surface area contributed by atoms with Gasteiger partial charge in [0.15, 0.2) is 12.0 Å². The normalized spacial score (nSPS) is 21.3. The van der Waals surface area contributed by atoms with Gasteiger partial charge in [-0.05, 0) is 30.4 Å². The average Bonchev–Trinajstić information content (AvgIpc) is 3.36. The Balaban J connectivity index is 1.44. The first kappa shape index (κ1) is 19.8. The molecule has 9 nitrogen and oxygen atoms in total. The minimum absolute atomic E-state index is 0.0116. The fraction of sp³-hybridized carbons (Fsp3) is 0.545. The number of amides is 1. The Hall–Kier alpha value is -3.10. The van der Waals surface area contributed by atoms with Crippen molar-refractivity contribution in [1.29, 1.82) is 0 Å². The number of imidazole rings is 1. The van der Waals surface area contributed by atoms with Gasteiger partial charge in [0, 0.05) is 38.8 Å². The van der Waals surface area contributed by atoms with Gasteiger partial charge in [-0.15, -0.1) is 0 Å². The first-order valence-corrected chi connectivity index (χ1v) is 10.8. The zero-order chi connectivity index (χ0) is 21.9. The number of carbonyl (C=O) groups excluding carboxylic acids is 1. The Bertz CT molecular complexity index is 1190. The SMILES string of the molecule is Cn1c(=O)n(CC(C)(C)C)c2ccc(N3CC4CCC3CN4C(=O)c3cnco3)nc21. The van der Waals surface area contributed by atoms with E-state index in [1.165, 1.54) is 12.6 Å². The standard InChI is InChI=1S/C22H28N6O3/c1-22(2,3)12-28-16-7-8-18(24-19(16)25(4)21(28)30)26-10-15-6-5-14(26)11-27(15)20(29)17-9-23-13-31-17/h7-9,13-15H,5-6,10-12H2,1-4H3. The fourth-order valence-electron chi connectivity index (χ4n) is 4.87.